The molecule has 1 aromatic rings. The number of halogens is 2. The summed E-state index contributed by atoms with van der Waals surface area (Å²) in [6.07, 6.45) is 3.60. The van der Waals surface area contributed by atoms with Gasteiger partial charge in [-0.25, -0.2) is 4.39 Å². The van der Waals surface area contributed by atoms with E-state index in [1.165, 1.54) is 12.1 Å². The normalized spacial score (nSPS) is 15.9. The average Bonchev–Trinajstić information content (AvgIpc) is 3.01. The Hall–Kier alpha value is -1.17. The van der Waals surface area contributed by atoms with Crippen molar-refractivity contribution in [1.29, 1.82) is 0 Å². The van der Waals surface area contributed by atoms with Crippen LogP contribution in [-0.4, -0.2) is 39.3 Å². The first-order chi connectivity index (χ1) is 10.7. The SMILES string of the molecule is COCCNCCNC(=O)C1(c2cccc(F)c2)CCCC1.Cl. The summed E-state index contributed by atoms with van der Waals surface area (Å²) < 4.78 is 18.5. The predicted octanol–water partition coefficient (Wildman–Crippen LogP) is 2.41. The molecule has 1 amide bonds. The van der Waals surface area contributed by atoms with Gasteiger partial charge >= 0.3 is 0 Å². The zero-order chi connectivity index (χ0) is 15.8. The highest BCUT2D eigenvalue weighted by Crippen LogP contribution is 2.41. The van der Waals surface area contributed by atoms with Crippen molar-refractivity contribution < 1.29 is 13.9 Å². The highest BCUT2D eigenvalue weighted by Gasteiger charge is 2.42. The summed E-state index contributed by atoms with van der Waals surface area (Å²) in [6, 6.07) is 6.47. The Morgan fingerprint density at radius 3 is 2.65 bits per heavy atom. The highest BCUT2D eigenvalue weighted by atomic mass is 35.5. The number of hydrogen-bond acceptors (Lipinski definition) is 3. The highest BCUT2D eigenvalue weighted by molar-refractivity contribution is 5.88. The zero-order valence-electron chi connectivity index (χ0n) is 13.6. The number of carbonyl (C=O) groups excluding carboxylic acids is 1. The van der Waals surface area contributed by atoms with E-state index < -0.39 is 5.41 Å². The van der Waals surface area contributed by atoms with E-state index in [1.54, 1.807) is 13.2 Å². The molecular weight excluding hydrogens is 319 g/mol. The lowest BCUT2D eigenvalue weighted by Crippen LogP contribution is -2.45. The Balaban J connectivity index is 0.00000264. The first-order valence-electron chi connectivity index (χ1n) is 7.93. The molecule has 0 aromatic heterocycles. The van der Waals surface area contributed by atoms with E-state index in [9.17, 15) is 9.18 Å². The molecule has 1 saturated carbocycles. The molecule has 0 aliphatic heterocycles. The van der Waals surface area contributed by atoms with Crippen molar-refractivity contribution >= 4 is 18.3 Å². The van der Waals surface area contributed by atoms with Crippen molar-refractivity contribution in [3.05, 3.63) is 35.6 Å². The van der Waals surface area contributed by atoms with Gasteiger partial charge in [0.05, 0.1) is 12.0 Å². The first-order valence-corrected chi connectivity index (χ1v) is 7.93. The fraction of sp³-hybridized carbons (Fsp3) is 0.588. The summed E-state index contributed by atoms with van der Waals surface area (Å²) >= 11 is 0. The minimum absolute atomic E-state index is 0. The van der Waals surface area contributed by atoms with Gasteiger partial charge < -0.3 is 15.4 Å². The summed E-state index contributed by atoms with van der Waals surface area (Å²) in [6.45, 7) is 2.69. The van der Waals surface area contributed by atoms with Gasteiger partial charge in [0.2, 0.25) is 5.91 Å². The van der Waals surface area contributed by atoms with Crippen LogP contribution in [0.3, 0.4) is 0 Å². The van der Waals surface area contributed by atoms with E-state index in [4.69, 9.17) is 4.74 Å². The van der Waals surface area contributed by atoms with Crippen LogP contribution in [0.2, 0.25) is 0 Å². The number of ether oxygens (including phenoxy) is 1. The Bertz CT molecular complexity index is 493. The lowest BCUT2D eigenvalue weighted by molar-refractivity contribution is -0.126. The Morgan fingerprint density at radius 1 is 1.26 bits per heavy atom. The van der Waals surface area contributed by atoms with Crippen molar-refractivity contribution in [3.8, 4) is 0 Å². The minimum Gasteiger partial charge on any atom is -0.383 e. The van der Waals surface area contributed by atoms with Crippen LogP contribution in [0.15, 0.2) is 24.3 Å². The van der Waals surface area contributed by atoms with Crippen molar-refractivity contribution in [3.63, 3.8) is 0 Å². The van der Waals surface area contributed by atoms with Crippen molar-refractivity contribution in [2.75, 3.05) is 33.4 Å². The van der Waals surface area contributed by atoms with E-state index in [0.29, 0.717) is 19.7 Å². The molecule has 0 saturated heterocycles. The monoisotopic (exact) mass is 344 g/mol. The Kier molecular flexibility index (Phi) is 8.52. The molecule has 1 aliphatic rings. The minimum atomic E-state index is -0.561. The maximum atomic E-state index is 13.5. The van der Waals surface area contributed by atoms with Crippen LogP contribution in [0.5, 0.6) is 0 Å². The average molecular weight is 345 g/mol. The second-order valence-electron chi connectivity index (χ2n) is 5.80. The molecular formula is C17H26ClFN2O2. The molecule has 2 N–H and O–H groups in total. The first kappa shape index (κ1) is 19.9. The molecule has 0 heterocycles. The topological polar surface area (TPSA) is 50.4 Å². The molecule has 4 nitrogen and oxygen atoms in total. The lowest BCUT2D eigenvalue weighted by atomic mass is 9.78. The standard InChI is InChI=1S/C17H25FN2O2.ClH/c1-22-12-11-19-9-10-20-16(21)17(7-2-3-8-17)14-5-4-6-15(18)13-14;/h4-6,13,19H,2-3,7-12H2,1H3,(H,20,21);1H. The molecule has 0 bridgehead atoms. The molecule has 1 aromatic carbocycles. The summed E-state index contributed by atoms with van der Waals surface area (Å²) in [5.41, 5.74) is 0.240. The summed E-state index contributed by atoms with van der Waals surface area (Å²) in [7, 11) is 1.66. The van der Waals surface area contributed by atoms with Crippen LogP contribution in [0.4, 0.5) is 4.39 Å². The van der Waals surface area contributed by atoms with Gasteiger partial charge in [0.1, 0.15) is 5.82 Å². The largest absolute Gasteiger partial charge is 0.383 e. The van der Waals surface area contributed by atoms with Gasteiger partial charge in [0, 0.05) is 26.7 Å². The molecule has 130 valence electrons. The summed E-state index contributed by atoms with van der Waals surface area (Å²) in [5, 5.41) is 6.19. The van der Waals surface area contributed by atoms with Crippen LogP contribution in [-0.2, 0) is 14.9 Å². The van der Waals surface area contributed by atoms with E-state index in [0.717, 1.165) is 37.8 Å². The van der Waals surface area contributed by atoms with Gasteiger partial charge in [0.25, 0.3) is 0 Å². The Labute approximate surface area is 143 Å². The number of rotatable bonds is 8. The van der Waals surface area contributed by atoms with Gasteiger partial charge in [-0.2, -0.15) is 0 Å². The van der Waals surface area contributed by atoms with E-state index >= 15 is 0 Å². The van der Waals surface area contributed by atoms with Gasteiger partial charge in [-0.3, -0.25) is 4.79 Å². The second kappa shape index (κ2) is 9.85. The smallest absolute Gasteiger partial charge is 0.230 e. The fourth-order valence-electron chi connectivity index (χ4n) is 3.14. The molecule has 0 radical (unpaired) electrons. The number of amides is 1. The van der Waals surface area contributed by atoms with Gasteiger partial charge in [-0.1, -0.05) is 25.0 Å². The molecule has 0 spiro atoms. The number of methoxy groups -OCH3 is 1. The third-order valence-corrected chi connectivity index (χ3v) is 4.34. The molecule has 1 aliphatic carbocycles. The number of nitrogens with one attached hydrogen (secondary N) is 2. The molecule has 2 rings (SSSR count). The second-order valence-corrected chi connectivity index (χ2v) is 5.80. The van der Waals surface area contributed by atoms with E-state index in [2.05, 4.69) is 10.6 Å². The van der Waals surface area contributed by atoms with Crippen molar-refractivity contribution in [2.24, 2.45) is 0 Å². The maximum absolute atomic E-state index is 13.5. The van der Waals surface area contributed by atoms with Crippen LogP contribution >= 0.6 is 12.4 Å². The van der Waals surface area contributed by atoms with Gasteiger partial charge in [0.15, 0.2) is 0 Å². The Morgan fingerprint density at radius 2 is 2.00 bits per heavy atom. The lowest BCUT2D eigenvalue weighted by Gasteiger charge is -2.28. The molecule has 0 unspecified atom stereocenters. The van der Waals surface area contributed by atoms with E-state index in [-0.39, 0.29) is 24.1 Å². The molecule has 23 heavy (non-hydrogen) atoms. The number of hydrogen-bond donors (Lipinski definition) is 2. The van der Waals surface area contributed by atoms with Gasteiger partial charge in [-0.05, 0) is 30.5 Å². The van der Waals surface area contributed by atoms with Crippen LogP contribution in [0.25, 0.3) is 0 Å². The molecule has 0 atom stereocenters. The van der Waals surface area contributed by atoms with Crippen molar-refractivity contribution in [1.82, 2.24) is 10.6 Å². The zero-order valence-corrected chi connectivity index (χ0v) is 14.4. The predicted molar refractivity (Wildman–Crippen MR) is 91.5 cm³/mol. The van der Waals surface area contributed by atoms with Crippen LogP contribution in [0, 0.1) is 5.82 Å². The summed E-state index contributed by atoms with van der Waals surface area (Å²) in [5.74, 6) is -0.262. The third-order valence-electron chi connectivity index (χ3n) is 4.34. The fourth-order valence-corrected chi connectivity index (χ4v) is 3.14. The summed E-state index contributed by atoms with van der Waals surface area (Å²) in [4.78, 5) is 12.7. The van der Waals surface area contributed by atoms with Crippen LogP contribution < -0.4 is 10.6 Å². The molecule has 6 heteroatoms. The number of benzene rings is 1. The quantitative estimate of drug-likeness (QED) is 0.712. The van der Waals surface area contributed by atoms with Crippen LogP contribution in [0.1, 0.15) is 31.2 Å². The number of carbonyl (C=O) groups is 1. The van der Waals surface area contributed by atoms with E-state index in [1.807, 2.05) is 6.07 Å². The van der Waals surface area contributed by atoms with Gasteiger partial charge in [-0.15, -0.1) is 12.4 Å². The van der Waals surface area contributed by atoms with Crippen molar-refractivity contribution in [2.45, 2.75) is 31.1 Å². The third kappa shape index (κ3) is 5.16. The maximum Gasteiger partial charge on any atom is 0.230 e. The molecule has 1 fully saturated rings.